The summed E-state index contributed by atoms with van der Waals surface area (Å²) in [6.45, 7) is 2.67. The SMILES string of the molecule is Cc1c(C(=O)NC2CCCN(S(C)(=O)=O)C2)oc2ccccc12. The molecule has 1 saturated heterocycles. The maximum absolute atomic E-state index is 12.5. The van der Waals surface area contributed by atoms with E-state index in [0.29, 0.717) is 24.4 Å². The molecule has 0 aliphatic carbocycles. The van der Waals surface area contributed by atoms with Gasteiger partial charge in [-0.3, -0.25) is 4.79 Å². The summed E-state index contributed by atoms with van der Waals surface area (Å²) in [5, 5.41) is 3.82. The molecule has 1 aromatic heterocycles. The molecule has 3 rings (SSSR count). The van der Waals surface area contributed by atoms with Gasteiger partial charge in [0.1, 0.15) is 5.58 Å². The van der Waals surface area contributed by atoms with E-state index in [9.17, 15) is 13.2 Å². The van der Waals surface area contributed by atoms with E-state index in [0.717, 1.165) is 23.8 Å². The smallest absolute Gasteiger partial charge is 0.287 e. The average molecular weight is 336 g/mol. The number of fused-ring (bicyclic) bond motifs is 1. The minimum atomic E-state index is -3.23. The summed E-state index contributed by atoms with van der Waals surface area (Å²) in [7, 11) is -3.23. The van der Waals surface area contributed by atoms with Crippen molar-refractivity contribution in [3.63, 3.8) is 0 Å². The van der Waals surface area contributed by atoms with Crippen molar-refractivity contribution in [2.24, 2.45) is 0 Å². The largest absolute Gasteiger partial charge is 0.451 e. The highest BCUT2D eigenvalue weighted by Gasteiger charge is 2.28. The van der Waals surface area contributed by atoms with Crippen molar-refractivity contribution in [1.82, 2.24) is 9.62 Å². The number of amides is 1. The number of nitrogens with one attached hydrogen (secondary N) is 1. The summed E-state index contributed by atoms with van der Waals surface area (Å²) in [4.78, 5) is 12.5. The van der Waals surface area contributed by atoms with E-state index in [4.69, 9.17) is 4.42 Å². The van der Waals surface area contributed by atoms with E-state index in [1.165, 1.54) is 10.6 Å². The molecular formula is C16H20N2O4S. The van der Waals surface area contributed by atoms with Gasteiger partial charge in [-0.1, -0.05) is 18.2 Å². The summed E-state index contributed by atoms with van der Waals surface area (Å²) in [5.41, 5.74) is 1.48. The van der Waals surface area contributed by atoms with Gasteiger partial charge in [-0.15, -0.1) is 0 Å². The lowest BCUT2D eigenvalue weighted by Gasteiger charge is -2.31. The molecule has 2 aromatic rings. The van der Waals surface area contributed by atoms with Crippen LogP contribution in [0.15, 0.2) is 28.7 Å². The Morgan fingerprint density at radius 3 is 2.78 bits per heavy atom. The van der Waals surface area contributed by atoms with Crippen LogP contribution in [0.4, 0.5) is 0 Å². The molecule has 7 heteroatoms. The van der Waals surface area contributed by atoms with Crippen LogP contribution in [0.3, 0.4) is 0 Å². The van der Waals surface area contributed by atoms with Crippen LogP contribution in [0.1, 0.15) is 29.0 Å². The number of benzene rings is 1. The molecule has 0 radical (unpaired) electrons. The van der Waals surface area contributed by atoms with E-state index in [2.05, 4.69) is 5.32 Å². The van der Waals surface area contributed by atoms with Crippen molar-refractivity contribution in [3.05, 3.63) is 35.6 Å². The summed E-state index contributed by atoms with van der Waals surface area (Å²) < 4.78 is 30.4. The number of sulfonamides is 1. The molecule has 124 valence electrons. The molecule has 0 saturated carbocycles. The Bertz CT molecular complexity index is 841. The molecule has 1 atom stereocenters. The third kappa shape index (κ3) is 3.25. The number of aryl methyl sites for hydroxylation is 1. The lowest BCUT2D eigenvalue weighted by Crippen LogP contribution is -2.49. The molecule has 2 heterocycles. The standard InChI is InChI=1S/C16H20N2O4S/c1-11-13-7-3-4-8-14(13)22-15(11)16(19)17-12-6-5-9-18(10-12)23(2,20)21/h3-4,7-8,12H,5-6,9-10H2,1-2H3,(H,17,19). The van der Waals surface area contributed by atoms with Gasteiger partial charge in [0.05, 0.1) is 6.26 Å². The Morgan fingerprint density at radius 1 is 1.35 bits per heavy atom. The van der Waals surface area contributed by atoms with Gasteiger partial charge in [-0.05, 0) is 25.8 Å². The first-order valence-electron chi connectivity index (χ1n) is 7.60. The lowest BCUT2D eigenvalue weighted by atomic mass is 10.1. The van der Waals surface area contributed by atoms with Crippen LogP contribution >= 0.6 is 0 Å². The first kappa shape index (κ1) is 16.0. The van der Waals surface area contributed by atoms with Crippen molar-refractivity contribution in [1.29, 1.82) is 0 Å². The predicted molar refractivity (Wildman–Crippen MR) is 87.9 cm³/mol. The van der Waals surface area contributed by atoms with Gasteiger partial charge in [0.25, 0.3) is 5.91 Å². The molecular weight excluding hydrogens is 316 g/mol. The fourth-order valence-electron chi connectivity index (χ4n) is 3.00. The van der Waals surface area contributed by atoms with Gasteiger partial charge in [-0.2, -0.15) is 0 Å². The first-order chi connectivity index (χ1) is 10.9. The van der Waals surface area contributed by atoms with Crippen LogP contribution in [-0.4, -0.2) is 44.0 Å². The number of furan rings is 1. The van der Waals surface area contributed by atoms with E-state index in [1.54, 1.807) is 0 Å². The quantitative estimate of drug-likeness (QED) is 0.928. The summed E-state index contributed by atoms with van der Waals surface area (Å²) in [5.74, 6) is 0.00160. The second-order valence-electron chi connectivity index (χ2n) is 5.99. The third-order valence-corrected chi connectivity index (χ3v) is 5.51. The molecule has 1 fully saturated rings. The van der Waals surface area contributed by atoms with E-state index in [1.807, 2.05) is 31.2 Å². The Morgan fingerprint density at radius 2 is 2.09 bits per heavy atom. The zero-order chi connectivity index (χ0) is 16.6. The second kappa shape index (κ2) is 5.98. The molecule has 0 bridgehead atoms. The Labute approximate surface area is 135 Å². The number of rotatable bonds is 3. The van der Waals surface area contributed by atoms with Crippen molar-refractivity contribution in [2.45, 2.75) is 25.8 Å². The Hall–Kier alpha value is -1.86. The number of carbonyl (C=O) groups is 1. The van der Waals surface area contributed by atoms with Crippen LogP contribution in [-0.2, 0) is 10.0 Å². The summed E-state index contributed by atoms with van der Waals surface area (Å²) >= 11 is 0. The van der Waals surface area contributed by atoms with E-state index < -0.39 is 10.0 Å². The van der Waals surface area contributed by atoms with Gasteiger partial charge in [0.2, 0.25) is 10.0 Å². The van der Waals surface area contributed by atoms with E-state index >= 15 is 0 Å². The van der Waals surface area contributed by atoms with Gasteiger partial charge in [0, 0.05) is 30.1 Å². The summed E-state index contributed by atoms with van der Waals surface area (Å²) in [6, 6.07) is 7.30. The van der Waals surface area contributed by atoms with Gasteiger partial charge in [0.15, 0.2) is 5.76 Å². The minimum absolute atomic E-state index is 0.196. The van der Waals surface area contributed by atoms with Crippen LogP contribution in [0.5, 0.6) is 0 Å². The highest BCUT2D eigenvalue weighted by molar-refractivity contribution is 7.88. The molecule has 1 aromatic carbocycles. The number of piperidine rings is 1. The topological polar surface area (TPSA) is 79.6 Å². The first-order valence-corrected chi connectivity index (χ1v) is 9.45. The van der Waals surface area contributed by atoms with Crippen LogP contribution < -0.4 is 5.32 Å². The normalized spacial score (nSPS) is 19.8. The second-order valence-corrected chi connectivity index (χ2v) is 7.97. The van der Waals surface area contributed by atoms with Crippen molar-refractivity contribution < 1.29 is 17.6 Å². The maximum Gasteiger partial charge on any atom is 0.287 e. The summed E-state index contributed by atoms with van der Waals surface area (Å²) in [6.07, 6.45) is 2.69. The molecule has 1 aliphatic heterocycles. The number of para-hydroxylation sites is 1. The van der Waals surface area contributed by atoms with Gasteiger partial charge < -0.3 is 9.73 Å². The maximum atomic E-state index is 12.5. The van der Waals surface area contributed by atoms with Crippen LogP contribution in [0.25, 0.3) is 11.0 Å². The molecule has 6 nitrogen and oxygen atoms in total. The number of hydrogen-bond acceptors (Lipinski definition) is 4. The van der Waals surface area contributed by atoms with Crippen molar-refractivity contribution in [3.8, 4) is 0 Å². The fraction of sp³-hybridized carbons (Fsp3) is 0.438. The van der Waals surface area contributed by atoms with Gasteiger partial charge >= 0.3 is 0 Å². The highest BCUT2D eigenvalue weighted by Crippen LogP contribution is 2.25. The van der Waals surface area contributed by atoms with E-state index in [-0.39, 0.29) is 11.9 Å². The number of carbonyl (C=O) groups excluding carboxylic acids is 1. The zero-order valence-electron chi connectivity index (χ0n) is 13.2. The minimum Gasteiger partial charge on any atom is -0.451 e. The van der Waals surface area contributed by atoms with Crippen LogP contribution in [0.2, 0.25) is 0 Å². The number of nitrogens with zero attached hydrogens (tertiary/aromatic N) is 1. The third-order valence-electron chi connectivity index (χ3n) is 4.24. The molecule has 23 heavy (non-hydrogen) atoms. The van der Waals surface area contributed by atoms with Crippen molar-refractivity contribution >= 4 is 26.9 Å². The Kier molecular flexibility index (Phi) is 4.16. The lowest BCUT2D eigenvalue weighted by molar-refractivity contribution is 0.0894. The average Bonchev–Trinajstić information content (AvgIpc) is 2.84. The predicted octanol–water partition coefficient (Wildman–Crippen LogP) is 1.90. The van der Waals surface area contributed by atoms with Gasteiger partial charge in [-0.25, -0.2) is 12.7 Å². The highest BCUT2D eigenvalue weighted by atomic mass is 32.2. The molecule has 1 aliphatic rings. The molecule has 1 N–H and O–H groups in total. The van der Waals surface area contributed by atoms with Crippen molar-refractivity contribution in [2.75, 3.05) is 19.3 Å². The fourth-order valence-corrected chi connectivity index (χ4v) is 3.91. The van der Waals surface area contributed by atoms with Crippen LogP contribution in [0, 0.1) is 6.92 Å². The molecule has 0 spiro atoms. The number of hydrogen-bond donors (Lipinski definition) is 1. The molecule has 1 amide bonds. The zero-order valence-corrected chi connectivity index (χ0v) is 14.0. The molecule has 1 unspecified atom stereocenters. The monoisotopic (exact) mass is 336 g/mol. The Balaban J connectivity index is 1.77.